The Hall–Kier alpha value is -1.88. The Kier molecular flexibility index (Phi) is 2.38. The number of nitrogens with zero attached hydrogens (tertiary/aromatic N) is 2. The third-order valence-corrected chi connectivity index (χ3v) is 3.18. The molecule has 0 bridgehead atoms. The van der Waals surface area contributed by atoms with Crippen molar-refractivity contribution in [2.24, 2.45) is 0 Å². The first-order valence-corrected chi connectivity index (χ1v) is 5.93. The largest absolute Gasteiger partial charge is 0.479 e. The molecule has 2 unspecified atom stereocenters. The molecule has 2 atom stereocenters. The van der Waals surface area contributed by atoms with Crippen molar-refractivity contribution in [3.05, 3.63) is 30.0 Å². The third-order valence-electron chi connectivity index (χ3n) is 3.18. The van der Waals surface area contributed by atoms with Crippen LogP contribution in [0.2, 0.25) is 0 Å². The van der Waals surface area contributed by atoms with E-state index in [2.05, 4.69) is 18.9 Å². The highest BCUT2D eigenvalue weighted by molar-refractivity contribution is 5.81. The van der Waals surface area contributed by atoms with Gasteiger partial charge in [0, 0.05) is 11.4 Å². The molecular weight excluding hydrogens is 232 g/mol. The lowest BCUT2D eigenvalue weighted by Crippen LogP contribution is -2.05. The van der Waals surface area contributed by atoms with E-state index < -0.39 is 12.1 Å². The number of benzene rings is 1. The SMILES string of the molecule is CC(C)n1ncc2ccc(C3OC3C(=O)O)cc21. The van der Waals surface area contributed by atoms with Gasteiger partial charge in [-0.1, -0.05) is 12.1 Å². The van der Waals surface area contributed by atoms with E-state index in [-0.39, 0.29) is 12.1 Å². The minimum atomic E-state index is -0.905. The van der Waals surface area contributed by atoms with Crippen LogP contribution in [-0.4, -0.2) is 27.0 Å². The molecular formula is C13H14N2O3. The summed E-state index contributed by atoms with van der Waals surface area (Å²) in [5, 5.41) is 14.2. The molecule has 18 heavy (non-hydrogen) atoms. The van der Waals surface area contributed by atoms with E-state index in [0.29, 0.717) is 0 Å². The molecule has 2 aromatic rings. The van der Waals surface area contributed by atoms with Gasteiger partial charge in [0.1, 0.15) is 6.10 Å². The van der Waals surface area contributed by atoms with Gasteiger partial charge in [-0.15, -0.1) is 0 Å². The number of carboxylic acid groups (broad SMARTS) is 1. The van der Waals surface area contributed by atoms with Gasteiger partial charge >= 0.3 is 5.97 Å². The first-order valence-electron chi connectivity index (χ1n) is 5.93. The first kappa shape index (κ1) is 11.2. The van der Waals surface area contributed by atoms with Crippen LogP contribution >= 0.6 is 0 Å². The quantitative estimate of drug-likeness (QED) is 0.842. The second-order valence-corrected chi connectivity index (χ2v) is 4.82. The molecule has 0 amide bonds. The first-order chi connectivity index (χ1) is 8.58. The van der Waals surface area contributed by atoms with Crippen LogP contribution in [0.25, 0.3) is 10.9 Å². The number of rotatable bonds is 3. The van der Waals surface area contributed by atoms with Crippen LogP contribution in [0.3, 0.4) is 0 Å². The maximum absolute atomic E-state index is 10.8. The molecule has 0 aliphatic carbocycles. The lowest BCUT2D eigenvalue weighted by molar-refractivity contribution is -0.138. The number of aliphatic carboxylic acids is 1. The minimum absolute atomic E-state index is 0.271. The Balaban J connectivity index is 2.00. The number of epoxide rings is 1. The summed E-state index contributed by atoms with van der Waals surface area (Å²) in [5.74, 6) is -0.905. The van der Waals surface area contributed by atoms with Gasteiger partial charge in [0.2, 0.25) is 0 Å². The van der Waals surface area contributed by atoms with Crippen LogP contribution in [0.5, 0.6) is 0 Å². The van der Waals surface area contributed by atoms with Crippen LogP contribution in [0.1, 0.15) is 31.6 Å². The molecule has 1 fully saturated rings. The Morgan fingerprint density at radius 1 is 1.50 bits per heavy atom. The van der Waals surface area contributed by atoms with E-state index in [1.807, 2.05) is 29.1 Å². The fourth-order valence-electron chi connectivity index (χ4n) is 2.20. The monoisotopic (exact) mass is 246 g/mol. The highest BCUT2D eigenvalue weighted by atomic mass is 16.6. The van der Waals surface area contributed by atoms with Crippen LogP contribution in [0.4, 0.5) is 0 Å². The van der Waals surface area contributed by atoms with Gasteiger partial charge in [-0.25, -0.2) is 4.79 Å². The second kappa shape index (κ2) is 3.81. The summed E-state index contributed by atoms with van der Waals surface area (Å²) in [7, 11) is 0. The van der Waals surface area contributed by atoms with Gasteiger partial charge < -0.3 is 9.84 Å². The number of fused-ring (bicyclic) bond motifs is 1. The number of carboxylic acids is 1. The summed E-state index contributed by atoms with van der Waals surface area (Å²) in [5.41, 5.74) is 1.92. The van der Waals surface area contributed by atoms with E-state index in [4.69, 9.17) is 9.84 Å². The van der Waals surface area contributed by atoms with Gasteiger partial charge in [-0.3, -0.25) is 4.68 Å². The van der Waals surface area contributed by atoms with Crippen molar-refractivity contribution in [2.45, 2.75) is 32.1 Å². The predicted molar refractivity (Wildman–Crippen MR) is 65.4 cm³/mol. The van der Waals surface area contributed by atoms with Crippen LogP contribution < -0.4 is 0 Å². The van der Waals surface area contributed by atoms with Crippen molar-refractivity contribution >= 4 is 16.9 Å². The Bertz CT molecular complexity index is 618. The molecule has 5 heteroatoms. The normalized spacial score (nSPS) is 22.6. The van der Waals surface area contributed by atoms with E-state index in [1.165, 1.54) is 0 Å². The Morgan fingerprint density at radius 2 is 2.28 bits per heavy atom. The topological polar surface area (TPSA) is 67.7 Å². The molecule has 0 spiro atoms. The predicted octanol–water partition coefficient (Wildman–Crippen LogP) is 2.14. The summed E-state index contributed by atoms with van der Waals surface area (Å²) in [6.45, 7) is 4.12. The van der Waals surface area contributed by atoms with Crippen molar-refractivity contribution in [2.75, 3.05) is 0 Å². The molecule has 1 aromatic carbocycles. The average Bonchev–Trinajstić information content (AvgIpc) is 3.01. The van der Waals surface area contributed by atoms with E-state index >= 15 is 0 Å². The zero-order valence-corrected chi connectivity index (χ0v) is 10.2. The Labute approximate surface area is 104 Å². The molecule has 1 aliphatic rings. The van der Waals surface area contributed by atoms with Crippen molar-refractivity contribution in [3.8, 4) is 0 Å². The molecule has 0 radical (unpaired) electrons. The van der Waals surface area contributed by atoms with Crippen molar-refractivity contribution in [3.63, 3.8) is 0 Å². The fraction of sp³-hybridized carbons (Fsp3) is 0.385. The van der Waals surface area contributed by atoms with Crippen LogP contribution in [-0.2, 0) is 9.53 Å². The fourth-order valence-corrected chi connectivity index (χ4v) is 2.20. The lowest BCUT2D eigenvalue weighted by atomic mass is 10.1. The van der Waals surface area contributed by atoms with Crippen molar-refractivity contribution in [1.29, 1.82) is 0 Å². The molecule has 2 heterocycles. The Morgan fingerprint density at radius 3 is 2.89 bits per heavy atom. The van der Waals surface area contributed by atoms with E-state index in [0.717, 1.165) is 16.5 Å². The molecule has 1 N–H and O–H groups in total. The summed E-state index contributed by atoms with van der Waals surface area (Å²) in [4.78, 5) is 10.8. The molecule has 0 saturated carbocycles. The number of aromatic nitrogens is 2. The molecule has 94 valence electrons. The number of hydrogen-bond donors (Lipinski definition) is 1. The number of carbonyl (C=O) groups is 1. The molecule has 3 rings (SSSR count). The second-order valence-electron chi connectivity index (χ2n) is 4.82. The van der Waals surface area contributed by atoms with Gasteiger partial charge in [-0.05, 0) is 25.5 Å². The van der Waals surface area contributed by atoms with Gasteiger partial charge in [0.05, 0.1) is 11.7 Å². The van der Waals surface area contributed by atoms with E-state index in [1.54, 1.807) is 0 Å². The highest BCUT2D eigenvalue weighted by Gasteiger charge is 2.46. The van der Waals surface area contributed by atoms with Crippen molar-refractivity contribution in [1.82, 2.24) is 9.78 Å². The summed E-state index contributed by atoms with van der Waals surface area (Å²) in [6, 6.07) is 6.10. The van der Waals surface area contributed by atoms with Crippen LogP contribution in [0, 0.1) is 0 Å². The summed E-state index contributed by atoms with van der Waals surface area (Å²) in [6.07, 6.45) is 0.807. The summed E-state index contributed by atoms with van der Waals surface area (Å²) < 4.78 is 7.09. The number of ether oxygens (including phenoxy) is 1. The zero-order valence-electron chi connectivity index (χ0n) is 10.2. The van der Waals surface area contributed by atoms with Gasteiger partial charge in [0.25, 0.3) is 0 Å². The maximum atomic E-state index is 10.8. The lowest BCUT2D eigenvalue weighted by Gasteiger charge is -2.07. The third kappa shape index (κ3) is 1.67. The zero-order chi connectivity index (χ0) is 12.9. The molecule has 1 aliphatic heterocycles. The molecule has 1 aromatic heterocycles. The maximum Gasteiger partial charge on any atom is 0.335 e. The van der Waals surface area contributed by atoms with Gasteiger partial charge in [0.15, 0.2) is 6.10 Å². The van der Waals surface area contributed by atoms with Crippen LogP contribution in [0.15, 0.2) is 24.4 Å². The highest BCUT2D eigenvalue weighted by Crippen LogP contribution is 2.39. The van der Waals surface area contributed by atoms with E-state index in [9.17, 15) is 4.79 Å². The summed E-state index contributed by atoms with van der Waals surface area (Å²) >= 11 is 0. The number of hydrogen-bond acceptors (Lipinski definition) is 3. The van der Waals surface area contributed by atoms with Gasteiger partial charge in [-0.2, -0.15) is 5.10 Å². The standard InChI is InChI=1S/C13H14N2O3/c1-7(2)15-10-5-8(3-4-9(10)6-14-15)11-12(18-11)13(16)17/h3-7,11-12H,1-2H3,(H,16,17). The average molecular weight is 246 g/mol. The van der Waals surface area contributed by atoms with Crippen molar-refractivity contribution < 1.29 is 14.6 Å². The molecule has 5 nitrogen and oxygen atoms in total. The minimum Gasteiger partial charge on any atom is -0.479 e. The smallest absolute Gasteiger partial charge is 0.335 e. The molecule has 1 saturated heterocycles.